The van der Waals surface area contributed by atoms with Crippen molar-refractivity contribution >= 4 is 17.5 Å². The lowest BCUT2D eigenvalue weighted by Gasteiger charge is -2.23. The third-order valence-corrected chi connectivity index (χ3v) is 4.91. The predicted octanol–water partition coefficient (Wildman–Crippen LogP) is 2.43. The molecule has 1 aliphatic heterocycles. The number of hydrogen-bond acceptors (Lipinski definition) is 4. The van der Waals surface area contributed by atoms with Crippen LogP contribution in [-0.4, -0.2) is 43.5 Å². The van der Waals surface area contributed by atoms with E-state index in [4.69, 9.17) is 9.47 Å². The molecule has 0 unspecified atom stereocenters. The van der Waals surface area contributed by atoms with E-state index in [-0.39, 0.29) is 17.7 Å². The third kappa shape index (κ3) is 3.47. The van der Waals surface area contributed by atoms with E-state index in [9.17, 15) is 9.59 Å². The second-order valence-electron chi connectivity index (χ2n) is 6.48. The second kappa shape index (κ2) is 7.11. The van der Waals surface area contributed by atoms with E-state index < -0.39 is 0 Å². The lowest BCUT2D eigenvalue weighted by molar-refractivity contribution is -0.129. The molecule has 0 bridgehead atoms. The van der Waals surface area contributed by atoms with Crippen LogP contribution in [0.4, 0.5) is 5.69 Å². The van der Waals surface area contributed by atoms with Gasteiger partial charge in [0.15, 0.2) is 0 Å². The number of rotatable bonds is 5. The Balaban J connectivity index is 1.66. The summed E-state index contributed by atoms with van der Waals surface area (Å²) in [4.78, 5) is 26.7. The van der Waals surface area contributed by atoms with Crippen molar-refractivity contribution < 1.29 is 19.1 Å². The van der Waals surface area contributed by atoms with Crippen molar-refractivity contribution in [2.75, 3.05) is 26.1 Å². The average molecular weight is 332 g/mol. The highest BCUT2D eigenvalue weighted by molar-refractivity contribution is 5.97. The Morgan fingerprint density at radius 1 is 1.12 bits per heavy atom. The standard InChI is InChI=1S/C18H24N2O4/c1-23-15-8-13(9-16(10-15)24-2)19-18(22)12-7-17(21)20(11-12)14-5-3-4-6-14/h8-10,12,14H,3-7,11H2,1-2H3,(H,19,22)/t12-/m1/s1. The van der Waals surface area contributed by atoms with E-state index in [0.29, 0.717) is 36.2 Å². The molecule has 3 rings (SSSR count). The maximum absolute atomic E-state index is 12.5. The molecule has 2 fully saturated rings. The summed E-state index contributed by atoms with van der Waals surface area (Å²) in [7, 11) is 3.13. The van der Waals surface area contributed by atoms with Gasteiger partial charge in [-0.25, -0.2) is 0 Å². The van der Waals surface area contributed by atoms with Gasteiger partial charge in [-0.05, 0) is 12.8 Å². The molecule has 1 aromatic rings. The quantitative estimate of drug-likeness (QED) is 0.899. The van der Waals surface area contributed by atoms with Crippen LogP contribution in [0.2, 0.25) is 0 Å². The van der Waals surface area contributed by atoms with E-state index in [1.807, 2.05) is 4.90 Å². The minimum atomic E-state index is -0.296. The zero-order valence-electron chi connectivity index (χ0n) is 14.2. The summed E-state index contributed by atoms with van der Waals surface area (Å²) in [5.74, 6) is 0.902. The number of nitrogens with zero attached hydrogens (tertiary/aromatic N) is 1. The fourth-order valence-electron chi connectivity index (χ4n) is 3.60. The minimum absolute atomic E-state index is 0.102. The Bertz CT molecular complexity index is 603. The first-order valence-corrected chi connectivity index (χ1v) is 8.44. The van der Waals surface area contributed by atoms with Crippen molar-refractivity contribution in [3.8, 4) is 11.5 Å². The van der Waals surface area contributed by atoms with Gasteiger partial charge in [0.25, 0.3) is 0 Å². The highest BCUT2D eigenvalue weighted by atomic mass is 16.5. The summed E-state index contributed by atoms with van der Waals surface area (Å²) in [6, 6.07) is 5.56. The van der Waals surface area contributed by atoms with Crippen molar-refractivity contribution in [3.05, 3.63) is 18.2 Å². The summed E-state index contributed by atoms with van der Waals surface area (Å²) >= 11 is 0. The zero-order valence-corrected chi connectivity index (χ0v) is 14.2. The van der Waals surface area contributed by atoms with Crippen LogP contribution in [-0.2, 0) is 9.59 Å². The first-order chi connectivity index (χ1) is 11.6. The van der Waals surface area contributed by atoms with Crippen LogP contribution in [0.1, 0.15) is 32.1 Å². The summed E-state index contributed by atoms with van der Waals surface area (Å²) < 4.78 is 10.4. The van der Waals surface area contributed by atoms with Gasteiger partial charge in [0.05, 0.1) is 20.1 Å². The van der Waals surface area contributed by atoms with E-state index in [1.165, 1.54) is 12.8 Å². The van der Waals surface area contributed by atoms with Crippen LogP contribution < -0.4 is 14.8 Å². The van der Waals surface area contributed by atoms with E-state index in [2.05, 4.69) is 5.32 Å². The lowest BCUT2D eigenvalue weighted by atomic mass is 10.1. The number of likely N-dealkylation sites (tertiary alicyclic amines) is 1. The molecule has 2 aliphatic rings. The Hall–Kier alpha value is -2.24. The summed E-state index contributed by atoms with van der Waals surface area (Å²) in [5, 5.41) is 2.89. The van der Waals surface area contributed by atoms with E-state index >= 15 is 0 Å². The first kappa shape index (κ1) is 16.6. The Morgan fingerprint density at radius 2 is 1.75 bits per heavy atom. The highest BCUT2D eigenvalue weighted by Gasteiger charge is 2.38. The molecular weight excluding hydrogens is 308 g/mol. The van der Waals surface area contributed by atoms with Gasteiger partial charge in [-0.15, -0.1) is 0 Å². The summed E-state index contributed by atoms with van der Waals surface area (Å²) in [6.07, 6.45) is 4.77. The number of methoxy groups -OCH3 is 2. The fourth-order valence-corrected chi connectivity index (χ4v) is 3.60. The SMILES string of the molecule is COc1cc(NC(=O)[C@@H]2CC(=O)N(C3CCCC3)C2)cc(OC)c1. The van der Waals surface area contributed by atoms with Crippen molar-refractivity contribution in [1.82, 2.24) is 4.90 Å². The van der Waals surface area contributed by atoms with Gasteiger partial charge in [0.1, 0.15) is 11.5 Å². The third-order valence-electron chi connectivity index (χ3n) is 4.91. The lowest BCUT2D eigenvalue weighted by Crippen LogP contribution is -2.35. The van der Waals surface area contributed by atoms with Crippen molar-refractivity contribution in [2.24, 2.45) is 5.92 Å². The van der Waals surface area contributed by atoms with Gasteiger partial charge in [-0.1, -0.05) is 12.8 Å². The number of hydrogen-bond donors (Lipinski definition) is 1. The largest absolute Gasteiger partial charge is 0.497 e. The van der Waals surface area contributed by atoms with E-state index in [0.717, 1.165) is 12.8 Å². The Kier molecular flexibility index (Phi) is 4.92. The molecule has 1 aromatic carbocycles. The molecule has 6 heteroatoms. The molecule has 1 N–H and O–H groups in total. The molecule has 0 spiro atoms. The van der Waals surface area contributed by atoms with Crippen LogP contribution in [0.15, 0.2) is 18.2 Å². The predicted molar refractivity (Wildman–Crippen MR) is 90.3 cm³/mol. The smallest absolute Gasteiger partial charge is 0.229 e. The molecule has 0 radical (unpaired) electrons. The minimum Gasteiger partial charge on any atom is -0.497 e. The van der Waals surface area contributed by atoms with Gasteiger partial charge >= 0.3 is 0 Å². The molecule has 1 saturated carbocycles. The van der Waals surface area contributed by atoms with Crippen molar-refractivity contribution in [1.29, 1.82) is 0 Å². The molecule has 24 heavy (non-hydrogen) atoms. The fraction of sp³-hybridized carbons (Fsp3) is 0.556. The maximum Gasteiger partial charge on any atom is 0.229 e. The summed E-state index contributed by atoms with van der Waals surface area (Å²) in [5.41, 5.74) is 0.614. The molecule has 0 aromatic heterocycles. The molecule has 2 amide bonds. The molecular formula is C18H24N2O4. The highest BCUT2D eigenvalue weighted by Crippen LogP contribution is 2.31. The number of nitrogens with one attached hydrogen (secondary N) is 1. The molecule has 1 heterocycles. The normalized spacial score (nSPS) is 21.2. The number of carbonyl (C=O) groups excluding carboxylic acids is 2. The maximum atomic E-state index is 12.5. The molecule has 1 atom stereocenters. The van der Waals surface area contributed by atoms with Crippen LogP contribution in [0.25, 0.3) is 0 Å². The van der Waals surface area contributed by atoms with Crippen LogP contribution in [0.3, 0.4) is 0 Å². The van der Waals surface area contributed by atoms with Gasteiger partial charge in [-0.3, -0.25) is 9.59 Å². The number of ether oxygens (including phenoxy) is 2. The van der Waals surface area contributed by atoms with Crippen LogP contribution in [0.5, 0.6) is 11.5 Å². The zero-order chi connectivity index (χ0) is 17.1. The molecule has 6 nitrogen and oxygen atoms in total. The molecule has 1 saturated heterocycles. The van der Waals surface area contributed by atoms with Crippen LogP contribution in [0, 0.1) is 5.92 Å². The number of anilines is 1. The van der Waals surface area contributed by atoms with Gasteiger partial charge in [-0.2, -0.15) is 0 Å². The molecule has 130 valence electrons. The average Bonchev–Trinajstić information content (AvgIpc) is 3.23. The Labute approximate surface area is 142 Å². The second-order valence-corrected chi connectivity index (χ2v) is 6.48. The topological polar surface area (TPSA) is 67.9 Å². The van der Waals surface area contributed by atoms with Crippen molar-refractivity contribution in [2.45, 2.75) is 38.1 Å². The first-order valence-electron chi connectivity index (χ1n) is 8.44. The van der Waals surface area contributed by atoms with E-state index in [1.54, 1.807) is 32.4 Å². The molecule has 1 aliphatic carbocycles. The van der Waals surface area contributed by atoms with Gasteiger partial charge in [0, 0.05) is 42.9 Å². The number of carbonyl (C=O) groups is 2. The van der Waals surface area contributed by atoms with Gasteiger partial charge in [0.2, 0.25) is 11.8 Å². The van der Waals surface area contributed by atoms with Gasteiger partial charge < -0.3 is 19.7 Å². The number of amides is 2. The van der Waals surface area contributed by atoms with Crippen LogP contribution >= 0.6 is 0 Å². The summed E-state index contributed by atoms with van der Waals surface area (Å²) in [6.45, 7) is 0.524. The van der Waals surface area contributed by atoms with Crippen molar-refractivity contribution in [3.63, 3.8) is 0 Å². The Morgan fingerprint density at radius 3 is 2.33 bits per heavy atom. The number of benzene rings is 1. The monoisotopic (exact) mass is 332 g/mol.